The van der Waals surface area contributed by atoms with E-state index in [-0.39, 0.29) is 0 Å². The van der Waals surface area contributed by atoms with Crippen LogP contribution in [0.1, 0.15) is 13.8 Å². The van der Waals surface area contributed by atoms with Gasteiger partial charge in [0.15, 0.2) is 0 Å². The van der Waals surface area contributed by atoms with Crippen LogP contribution in [0.2, 0.25) is 0 Å². The van der Waals surface area contributed by atoms with Crippen molar-refractivity contribution in [2.45, 2.75) is 13.8 Å². The zero-order valence-electron chi connectivity index (χ0n) is 6.13. The highest BCUT2D eigenvalue weighted by Gasteiger charge is 2.14. The van der Waals surface area contributed by atoms with E-state index in [1.165, 1.54) is 0 Å². The van der Waals surface area contributed by atoms with Gasteiger partial charge in [0, 0.05) is 0 Å². The van der Waals surface area contributed by atoms with Gasteiger partial charge in [-0.3, -0.25) is 0 Å². The van der Waals surface area contributed by atoms with Gasteiger partial charge in [-0.1, -0.05) is 13.8 Å². The lowest BCUT2D eigenvalue weighted by molar-refractivity contribution is 0.748. The number of rotatable bonds is 1. The van der Waals surface area contributed by atoms with Crippen molar-refractivity contribution in [3.63, 3.8) is 0 Å². The van der Waals surface area contributed by atoms with E-state index in [4.69, 9.17) is 6.57 Å². The van der Waals surface area contributed by atoms with Gasteiger partial charge in [0.25, 0.3) is 0 Å². The second kappa shape index (κ2) is 2.61. The van der Waals surface area contributed by atoms with Gasteiger partial charge in [0.05, 0.1) is 18.8 Å². The van der Waals surface area contributed by atoms with Crippen LogP contribution in [0.15, 0.2) is 21.6 Å². The third-order valence-corrected chi connectivity index (χ3v) is 1.38. The van der Waals surface area contributed by atoms with Crippen LogP contribution in [0.4, 0.5) is 0 Å². The SMILES string of the molecule is [C-]#[N+]C1=C(C(C)C)N=NC1. The van der Waals surface area contributed by atoms with Gasteiger partial charge in [0.1, 0.15) is 0 Å². The zero-order valence-corrected chi connectivity index (χ0v) is 6.13. The molecule has 0 aliphatic carbocycles. The first kappa shape index (κ1) is 6.94. The largest absolute Gasteiger partial charge is 0.239 e. The molecule has 3 nitrogen and oxygen atoms in total. The van der Waals surface area contributed by atoms with E-state index < -0.39 is 0 Å². The Balaban J connectivity index is 2.90. The number of allylic oxidation sites excluding steroid dienone is 1. The molecule has 0 aromatic rings. The minimum absolute atomic E-state index is 0.329. The normalized spacial score (nSPS) is 16.6. The van der Waals surface area contributed by atoms with Crippen LogP contribution in [0.25, 0.3) is 4.85 Å². The van der Waals surface area contributed by atoms with Gasteiger partial charge in [-0.15, -0.1) is 0 Å². The minimum Gasteiger partial charge on any atom is -0.239 e. The Morgan fingerprint density at radius 2 is 2.30 bits per heavy atom. The van der Waals surface area contributed by atoms with Gasteiger partial charge in [-0.05, 0) is 5.92 Å². The maximum Gasteiger partial charge on any atom is 0.211 e. The lowest BCUT2D eigenvalue weighted by Crippen LogP contribution is -1.91. The van der Waals surface area contributed by atoms with Gasteiger partial charge >= 0.3 is 0 Å². The van der Waals surface area contributed by atoms with Crippen LogP contribution in [0, 0.1) is 12.5 Å². The van der Waals surface area contributed by atoms with Gasteiger partial charge in [0.2, 0.25) is 5.70 Å². The summed E-state index contributed by atoms with van der Waals surface area (Å²) in [6.45, 7) is 11.3. The molecule has 0 aromatic heterocycles. The summed E-state index contributed by atoms with van der Waals surface area (Å²) in [7, 11) is 0. The zero-order chi connectivity index (χ0) is 7.56. The Labute approximate surface area is 60.3 Å². The molecular weight excluding hydrogens is 126 g/mol. The maximum atomic E-state index is 6.77. The summed E-state index contributed by atoms with van der Waals surface area (Å²) < 4.78 is 0. The van der Waals surface area contributed by atoms with E-state index in [9.17, 15) is 0 Å². The van der Waals surface area contributed by atoms with Gasteiger partial charge < -0.3 is 0 Å². The predicted molar refractivity (Wildman–Crippen MR) is 38.2 cm³/mol. The highest BCUT2D eigenvalue weighted by atomic mass is 15.2. The molecular formula is C7H9N3. The van der Waals surface area contributed by atoms with Crippen LogP contribution in [-0.2, 0) is 0 Å². The van der Waals surface area contributed by atoms with E-state index >= 15 is 0 Å². The summed E-state index contributed by atoms with van der Waals surface area (Å²) >= 11 is 0. The van der Waals surface area contributed by atoms with Crippen LogP contribution in [0.3, 0.4) is 0 Å². The lowest BCUT2D eigenvalue weighted by Gasteiger charge is -1.99. The van der Waals surface area contributed by atoms with Gasteiger partial charge in [-0.2, -0.15) is 10.2 Å². The molecule has 0 unspecified atom stereocenters. The Morgan fingerprint density at radius 1 is 1.60 bits per heavy atom. The van der Waals surface area contributed by atoms with Crippen molar-refractivity contribution < 1.29 is 0 Å². The highest BCUT2D eigenvalue weighted by Crippen LogP contribution is 2.22. The molecule has 0 amide bonds. The van der Waals surface area contributed by atoms with Crippen LogP contribution >= 0.6 is 0 Å². The Bertz CT molecular complexity index is 230. The number of hydrogen-bond donors (Lipinski definition) is 0. The Hall–Kier alpha value is -1.17. The van der Waals surface area contributed by atoms with E-state index in [1.807, 2.05) is 13.8 Å². The van der Waals surface area contributed by atoms with Gasteiger partial charge in [-0.25, -0.2) is 4.85 Å². The molecule has 0 atom stereocenters. The molecule has 52 valence electrons. The van der Waals surface area contributed by atoms with Crippen LogP contribution < -0.4 is 0 Å². The second-order valence-electron chi connectivity index (χ2n) is 2.50. The topological polar surface area (TPSA) is 29.1 Å². The number of azo groups is 1. The first-order valence-electron chi connectivity index (χ1n) is 3.23. The smallest absolute Gasteiger partial charge is 0.211 e. The summed E-state index contributed by atoms with van der Waals surface area (Å²) in [6.07, 6.45) is 0. The van der Waals surface area contributed by atoms with E-state index in [0.717, 1.165) is 5.70 Å². The van der Waals surface area contributed by atoms with Crippen molar-refractivity contribution in [3.8, 4) is 0 Å². The first-order valence-corrected chi connectivity index (χ1v) is 3.23. The molecule has 3 heteroatoms. The van der Waals surface area contributed by atoms with Crippen molar-refractivity contribution in [1.82, 2.24) is 0 Å². The second-order valence-corrected chi connectivity index (χ2v) is 2.50. The highest BCUT2D eigenvalue weighted by molar-refractivity contribution is 5.24. The molecule has 0 aromatic carbocycles. The van der Waals surface area contributed by atoms with Crippen LogP contribution in [0.5, 0.6) is 0 Å². The molecule has 1 aliphatic heterocycles. The summed E-state index contributed by atoms with van der Waals surface area (Å²) in [5.74, 6) is 0.329. The first-order chi connectivity index (χ1) is 4.75. The molecule has 0 N–H and O–H groups in total. The summed E-state index contributed by atoms with van der Waals surface area (Å²) in [5, 5.41) is 7.65. The fourth-order valence-electron chi connectivity index (χ4n) is 0.859. The molecule has 0 radical (unpaired) electrons. The van der Waals surface area contributed by atoms with Crippen LogP contribution in [-0.4, -0.2) is 6.54 Å². The molecule has 0 saturated carbocycles. The standard InChI is InChI=1S/C7H9N3/c1-5(2)7-6(8-3)4-9-10-7/h5H,4H2,1-2H3. The molecule has 1 aliphatic rings. The lowest BCUT2D eigenvalue weighted by atomic mass is 10.1. The fraction of sp³-hybridized carbons (Fsp3) is 0.571. The summed E-state index contributed by atoms with van der Waals surface area (Å²) in [6, 6.07) is 0. The molecule has 0 spiro atoms. The third kappa shape index (κ3) is 1.06. The number of nitrogens with zero attached hydrogens (tertiary/aromatic N) is 3. The Kier molecular flexibility index (Phi) is 1.81. The van der Waals surface area contributed by atoms with Crippen molar-refractivity contribution in [3.05, 3.63) is 22.8 Å². The molecule has 0 saturated heterocycles. The van der Waals surface area contributed by atoms with Crippen molar-refractivity contribution in [1.29, 1.82) is 0 Å². The van der Waals surface area contributed by atoms with E-state index in [2.05, 4.69) is 15.1 Å². The van der Waals surface area contributed by atoms with Crippen molar-refractivity contribution >= 4 is 0 Å². The van der Waals surface area contributed by atoms with Crippen molar-refractivity contribution in [2.24, 2.45) is 16.1 Å². The summed E-state index contributed by atoms with van der Waals surface area (Å²) in [4.78, 5) is 3.33. The van der Waals surface area contributed by atoms with E-state index in [0.29, 0.717) is 18.2 Å². The molecule has 10 heavy (non-hydrogen) atoms. The fourth-order valence-corrected chi connectivity index (χ4v) is 0.859. The molecule has 1 rings (SSSR count). The third-order valence-electron chi connectivity index (χ3n) is 1.38. The monoisotopic (exact) mass is 135 g/mol. The predicted octanol–water partition coefficient (Wildman–Crippen LogP) is 2.24. The number of hydrogen-bond acceptors (Lipinski definition) is 2. The summed E-state index contributed by atoms with van der Waals surface area (Å²) in [5.41, 5.74) is 1.56. The van der Waals surface area contributed by atoms with E-state index in [1.54, 1.807) is 0 Å². The average Bonchev–Trinajstić information content (AvgIpc) is 2.33. The Morgan fingerprint density at radius 3 is 2.70 bits per heavy atom. The molecule has 0 fully saturated rings. The minimum atomic E-state index is 0.329. The maximum absolute atomic E-state index is 6.77. The quantitative estimate of drug-likeness (QED) is 0.493. The average molecular weight is 135 g/mol. The van der Waals surface area contributed by atoms with Crippen molar-refractivity contribution in [2.75, 3.05) is 6.54 Å². The molecule has 1 heterocycles. The molecule has 0 bridgehead atoms.